The van der Waals surface area contributed by atoms with E-state index >= 15 is 0 Å². The highest BCUT2D eigenvalue weighted by molar-refractivity contribution is 6.31. The molecule has 7 heteroatoms. The molecule has 6 nitrogen and oxygen atoms in total. The lowest BCUT2D eigenvalue weighted by atomic mass is 10.2. The predicted molar refractivity (Wildman–Crippen MR) is 68.1 cm³/mol. The van der Waals surface area contributed by atoms with Crippen LogP contribution in [-0.4, -0.2) is 23.0 Å². The number of ketones is 1. The molecule has 2 aromatic rings. The molecule has 0 spiro atoms. The van der Waals surface area contributed by atoms with Crippen LogP contribution in [0.25, 0.3) is 11.1 Å². The molecule has 1 aromatic heterocycles. The van der Waals surface area contributed by atoms with Crippen LogP contribution in [0.1, 0.15) is 24.0 Å². The van der Waals surface area contributed by atoms with E-state index in [9.17, 15) is 9.59 Å². The molecule has 1 heterocycles. The van der Waals surface area contributed by atoms with Gasteiger partial charge in [0, 0.05) is 5.02 Å². The number of hydrogen-bond donors (Lipinski definition) is 1. The molecule has 1 unspecified atom stereocenters. The third-order valence-corrected chi connectivity index (χ3v) is 2.72. The molecule has 1 amide bonds. The van der Waals surface area contributed by atoms with Crippen LogP contribution >= 0.6 is 11.6 Å². The smallest absolute Gasteiger partial charge is 0.405 e. The van der Waals surface area contributed by atoms with Crippen LogP contribution in [0.3, 0.4) is 0 Å². The van der Waals surface area contributed by atoms with Crippen LogP contribution in [0.4, 0.5) is 4.79 Å². The summed E-state index contributed by atoms with van der Waals surface area (Å²) in [5, 5.41) is 0.486. The maximum atomic E-state index is 12.0. The second-order valence-corrected chi connectivity index (χ2v) is 4.27. The molecule has 19 heavy (non-hydrogen) atoms. The summed E-state index contributed by atoms with van der Waals surface area (Å²) in [6.07, 6.45) is -1.73. The molecule has 0 radical (unpaired) electrons. The fourth-order valence-electron chi connectivity index (χ4n) is 1.61. The summed E-state index contributed by atoms with van der Waals surface area (Å²) in [5.74, 6) is -0.668. The molecule has 2 N–H and O–H groups in total. The number of aromatic nitrogens is 1. The van der Waals surface area contributed by atoms with Gasteiger partial charge in [-0.15, -0.1) is 0 Å². The number of ether oxygens (including phenoxy) is 1. The number of benzene rings is 1. The van der Waals surface area contributed by atoms with E-state index in [-0.39, 0.29) is 12.3 Å². The highest BCUT2D eigenvalue weighted by Gasteiger charge is 2.26. The number of rotatable bonds is 4. The number of primary amides is 1. The standard InChI is InChI=1S/C12H11ClN2O4/c1-2-8(19-12(14)17)10(16)11-15-7-5-6(13)3-4-9(7)18-11/h3-5,8H,2H2,1H3,(H2,14,17). The minimum Gasteiger partial charge on any atom is -0.438 e. The fourth-order valence-corrected chi connectivity index (χ4v) is 1.77. The Morgan fingerprint density at radius 2 is 2.26 bits per heavy atom. The van der Waals surface area contributed by atoms with E-state index in [1.807, 2.05) is 0 Å². The van der Waals surface area contributed by atoms with Crippen molar-refractivity contribution in [2.45, 2.75) is 19.4 Å². The van der Waals surface area contributed by atoms with Gasteiger partial charge in [0.05, 0.1) is 0 Å². The first-order valence-corrected chi connectivity index (χ1v) is 5.95. The largest absolute Gasteiger partial charge is 0.438 e. The molecular formula is C12H11ClN2O4. The highest BCUT2D eigenvalue weighted by atomic mass is 35.5. The Morgan fingerprint density at radius 1 is 1.53 bits per heavy atom. The Morgan fingerprint density at radius 3 is 2.89 bits per heavy atom. The number of amides is 1. The number of carbonyl (C=O) groups is 2. The average Bonchev–Trinajstić information content (AvgIpc) is 2.77. The van der Waals surface area contributed by atoms with Gasteiger partial charge >= 0.3 is 6.09 Å². The number of nitrogens with two attached hydrogens (primary N) is 1. The van der Waals surface area contributed by atoms with Gasteiger partial charge in [0.2, 0.25) is 0 Å². The van der Waals surface area contributed by atoms with E-state index in [1.54, 1.807) is 25.1 Å². The molecule has 2 rings (SSSR count). The molecule has 1 aromatic carbocycles. The van der Waals surface area contributed by atoms with Crippen molar-refractivity contribution in [1.82, 2.24) is 4.98 Å². The first kappa shape index (κ1) is 13.4. The summed E-state index contributed by atoms with van der Waals surface area (Å²) < 4.78 is 10.00. The van der Waals surface area contributed by atoms with Crippen molar-refractivity contribution in [2.75, 3.05) is 0 Å². The quantitative estimate of drug-likeness (QED) is 0.869. The Balaban J connectivity index is 2.32. The van der Waals surface area contributed by atoms with E-state index in [2.05, 4.69) is 4.98 Å². The molecule has 0 aliphatic carbocycles. The molecule has 0 aliphatic rings. The van der Waals surface area contributed by atoms with Crippen LogP contribution in [0.15, 0.2) is 22.6 Å². The van der Waals surface area contributed by atoms with Crippen LogP contribution in [0.5, 0.6) is 0 Å². The van der Waals surface area contributed by atoms with E-state index in [0.717, 1.165) is 0 Å². The first-order valence-electron chi connectivity index (χ1n) is 5.57. The minimum atomic E-state index is -1.01. The van der Waals surface area contributed by atoms with Gasteiger partial charge in [-0.2, -0.15) is 0 Å². The number of hydrogen-bond acceptors (Lipinski definition) is 5. The molecule has 0 saturated carbocycles. The van der Waals surface area contributed by atoms with Gasteiger partial charge in [0.15, 0.2) is 11.7 Å². The van der Waals surface area contributed by atoms with Gasteiger partial charge in [-0.1, -0.05) is 18.5 Å². The van der Waals surface area contributed by atoms with Crippen LogP contribution in [-0.2, 0) is 4.74 Å². The second-order valence-electron chi connectivity index (χ2n) is 3.83. The van der Waals surface area contributed by atoms with E-state index in [4.69, 9.17) is 26.5 Å². The summed E-state index contributed by atoms with van der Waals surface area (Å²) >= 11 is 5.81. The normalized spacial score (nSPS) is 12.3. The maximum Gasteiger partial charge on any atom is 0.405 e. The van der Waals surface area contributed by atoms with Crippen LogP contribution in [0.2, 0.25) is 5.02 Å². The number of nitrogens with zero attached hydrogens (tertiary/aromatic N) is 1. The van der Waals surface area contributed by atoms with Crippen molar-refractivity contribution < 1.29 is 18.7 Å². The lowest BCUT2D eigenvalue weighted by Gasteiger charge is -2.10. The Labute approximate surface area is 113 Å². The van der Waals surface area contributed by atoms with Gasteiger partial charge in [-0.25, -0.2) is 9.78 Å². The Hall–Kier alpha value is -2.08. The monoisotopic (exact) mass is 282 g/mol. The number of fused-ring (bicyclic) bond motifs is 1. The number of oxazole rings is 1. The first-order chi connectivity index (χ1) is 9.01. The van der Waals surface area contributed by atoms with E-state index < -0.39 is 18.0 Å². The fraction of sp³-hybridized carbons (Fsp3) is 0.250. The highest BCUT2D eigenvalue weighted by Crippen LogP contribution is 2.21. The minimum absolute atomic E-state index is 0.134. The summed E-state index contributed by atoms with van der Waals surface area (Å²) in [6.45, 7) is 1.69. The summed E-state index contributed by atoms with van der Waals surface area (Å²) in [4.78, 5) is 26.8. The number of Topliss-reactive ketones (excluding diaryl/α,β-unsaturated/α-hetero) is 1. The Kier molecular flexibility index (Phi) is 3.71. The van der Waals surface area contributed by atoms with Crippen LogP contribution < -0.4 is 5.73 Å². The zero-order chi connectivity index (χ0) is 14.0. The van der Waals surface area contributed by atoms with Gasteiger partial charge in [-0.05, 0) is 24.6 Å². The zero-order valence-corrected chi connectivity index (χ0v) is 10.8. The summed E-state index contributed by atoms with van der Waals surface area (Å²) in [5.41, 5.74) is 5.79. The number of carbonyl (C=O) groups excluding carboxylic acids is 2. The number of halogens is 1. The van der Waals surface area contributed by atoms with Crippen molar-refractivity contribution in [2.24, 2.45) is 5.73 Å². The lowest BCUT2D eigenvalue weighted by Crippen LogP contribution is -2.29. The summed E-state index contributed by atoms with van der Waals surface area (Å²) in [6, 6.07) is 4.81. The van der Waals surface area contributed by atoms with Gasteiger partial charge < -0.3 is 14.9 Å². The molecule has 0 saturated heterocycles. The zero-order valence-electron chi connectivity index (χ0n) is 10.1. The van der Waals surface area contributed by atoms with Gasteiger partial charge in [0.25, 0.3) is 11.7 Å². The Bertz CT molecular complexity index is 638. The van der Waals surface area contributed by atoms with Gasteiger partial charge in [0.1, 0.15) is 5.52 Å². The van der Waals surface area contributed by atoms with Crippen molar-refractivity contribution in [1.29, 1.82) is 0 Å². The molecular weight excluding hydrogens is 272 g/mol. The SMILES string of the molecule is CCC(OC(N)=O)C(=O)c1nc2cc(Cl)ccc2o1. The summed E-state index contributed by atoms with van der Waals surface area (Å²) in [7, 11) is 0. The van der Waals surface area contributed by atoms with Crippen molar-refractivity contribution in [3.8, 4) is 0 Å². The molecule has 0 aliphatic heterocycles. The third kappa shape index (κ3) is 2.85. The lowest BCUT2D eigenvalue weighted by molar-refractivity contribution is 0.0616. The van der Waals surface area contributed by atoms with Crippen molar-refractivity contribution >= 4 is 34.6 Å². The third-order valence-electron chi connectivity index (χ3n) is 2.48. The molecule has 1 atom stereocenters. The predicted octanol–water partition coefficient (Wildman–Crippen LogP) is 2.54. The molecule has 0 fully saturated rings. The van der Waals surface area contributed by atoms with Crippen LogP contribution in [0, 0.1) is 0 Å². The molecule has 100 valence electrons. The van der Waals surface area contributed by atoms with Gasteiger partial charge in [-0.3, -0.25) is 4.79 Å². The van der Waals surface area contributed by atoms with E-state index in [0.29, 0.717) is 16.1 Å². The second kappa shape index (κ2) is 5.27. The molecule has 0 bridgehead atoms. The maximum absolute atomic E-state index is 12.0. The average molecular weight is 283 g/mol. The topological polar surface area (TPSA) is 95.4 Å². The van der Waals surface area contributed by atoms with Crippen molar-refractivity contribution in [3.63, 3.8) is 0 Å². The van der Waals surface area contributed by atoms with E-state index in [1.165, 1.54) is 0 Å². The van der Waals surface area contributed by atoms with Crippen molar-refractivity contribution in [3.05, 3.63) is 29.1 Å².